The maximum absolute atomic E-state index is 12.9. The minimum Gasteiger partial charge on any atom is -0.493 e. The number of thiocarbonyl (C=S) groups is 1. The maximum Gasteiger partial charge on any atom is 0.270 e. The number of methoxy groups -OCH3 is 1. The van der Waals surface area contributed by atoms with Crippen molar-refractivity contribution in [3.63, 3.8) is 0 Å². The zero-order valence-electron chi connectivity index (χ0n) is 16.2. The zero-order valence-corrected chi connectivity index (χ0v) is 17.8. The summed E-state index contributed by atoms with van der Waals surface area (Å²) in [7, 11) is 5.44. The van der Waals surface area contributed by atoms with Crippen LogP contribution in [0.5, 0.6) is 11.5 Å². The van der Waals surface area contributed by atoms with Gasteiger partial charge >= 0.3 is 0 Å². The van der Waals surface area contributed by atoms with E-state index in [0.717, 1.165) is 16.9 Å². The second-order valence-electron chi connectivity index (χ2n) is 6.29. The molecular weight excluding hydrogens is 406 g/mol. The third-order valence-corrected chi connectivity index (χ3v) is 5.50. The Morgan fingerprint density at radius 1 is 1.21 bits per heavy atom. The molecule has 1 saturated heterocycles. The van der Waals surface area contributed by atoms with Gasteiger partial charge in [-0.2, -0.15) is 5.26 Å². The summed E-state index contributed by atoms with van der Waals surface area (Å²) >= 11 is 6.69. The van der Waals surface area contributed by atoms with Crippen LogP contribution in [-0.4, -0.2) is 38.0 Å². The lowest BCUT2D eigenvalue weighted by atomic mass is 10.1. The summed E-state index contributed by atoms with van der Waals surface area (Å²) in [4.78, 5) is 17.0. The molecular formula is C21H19N3O3S2. The van der Waals surface area contributed by atoms with E-state index in [-0.39, 0.29) is 12.5 Å². The molecule has 0 bridgehead atoms. The molecule has 0 saturated carbocycles. The Kier molecular flexibility index (Phi) is 6.42. The van der Waals surface area contributed by atoms with Gasteiger partial charge in [-0.3, -0.25) is 9.69 Å². The summed E-state index contributed by atoms with van der Waals surface area (Å²) in [6, 6.07) is 14.8. The molecule has 0 aliphatic carbocycles. The Bertz CT molecular complexity index is 1010. The predicted octanol–water partition coefficient (Wildman–Crippen LogP) is 4.07. The Hall–Kier alpha value is -3.02. The fourth-order valence-corrected chi connectivity index (χ4v) is 4.04. The van der Waals surface area contributed by atoms with Gasteiger partial charge in [0.2, 0.25) is 0 Å². The van der Waals surface area contributed by atoms with E-state index in [4.69, 9.17) is 27.0 Å². The van der Waals surface area contributed by atoms with Gasteiger partial charge in [-0.25, -0.2) is 0 Å². The van der Waals surface area contributed by atoms with Gasteiger partial charge in [0, 0.05) is 19.8 Å². The van der Waals surface area contributed by atoms with Crippen LogP contribution in [0.4, 0.5) is 11.4 Å². The van der Waals surface area contributed by atoms with Gasteiger partial charge in [-0.05, 0) is 48.0 Å². The average Bonchev–Trinajstić information content (AvgIpc) is 2.99. The highest BCUT2D eigenvalue weighted by atomic mass is 32.2. The first-order chi connectivity index (χ1) is 13.9. The van der Waals surface area contributed by atoms with E-state index in [1.807, 2.05) is 49.3 Å². The van der Waals surface area contributed by atoms with Crippen molar-refractivity contribution in [1.82, 2.24) is 0 Å². The molecule has 29 heavy (non-hydrogen) atoms. The van der Waals surface area contributed by atoms with Crippen LogP contribution in [0.3, 0.4) is 0 Å². The number of nitriles is 1. The van der Waals surface area contributed by atoms with E-state index < -0.39 is 0 Å². The second kappa shape index (κ2) is 8.99. The zero-order chi connectivity index (χ0) is 21.0. The van der Waals surface area contributed by atoms with Gasteiger partial charge in [-0.15, -0.1) is 0 Å². The molecule has 2 aromatic rings. The molecule has 1 fully saturated rings. The van der Waals surface area contributed by atoms with Crippen LogP contribution in [0.1, 0.15) is 5.56 Å². The SMILES string of the molecule is COc1cc(/C=C2\SC(=S)N(c3ccc(N(C)C)cc3)C2=O)ccc1OCC#N. The number of benzene rings is 2. The summed E-state index contributed by atoms with van der Waals surface area (Å²) in [6.45, 7) is -0.0685. The van der Waals surface area contributed by atoms with Crippen LogP contribution in [-0.2, 0) is 4.79 Å². The van der Waals surface area contributed by atoms with Gasteiger partial charge in [0.1, 0.15) is 6.07 Å². The second-order valence-corrected chi connectivity index (χ2v) is 7.96. The number of thioether (sulfide) groups is 1. The lowest BCUT2D eigenvalue weighted by Crippen LogP contribution is -2.27. The molecule has 3 rings (SSSR count). The highest BCUT2D eigenvalue weighted by Crippen LogP contribution is 2.37. The fraction of sp³-hybridized carbons (Fsp3) is 0.190. The van der Waals surface area contributed by atoms with Crippen molar-refractivity contribution in [2.45, 2.75) is 0 Å². The Morgan fingerprint density at radius 2 is 1.93 bits per heavy atom. The van der Waals surface area contributed by atoms with E-state index in [2.05, 4.69) is 0 Å². The van der Waals surface area contributed by atoms with Crippen LogP contribution in [0, 0.1) is 11.3 Å². The Labute approximate surface area is 179 Å². The van der Waals surface area contributed by atoms with Crippen molar-refractivity contribution in [2.75, 3.05) is 37.6 Å². The van der Waals surface area contributed by atoms with Crippen molar-refractivity contribution in [3.8, 4) is 17.6 Å². The Balaban J connectivity index is 1.85. The number of hydrogen-bond acceptors (Lipinski definition) is 7. The van der Waals surface area contributed by atoms with Crippen LogP contribution in [0.2, 0.25) is 0 Å². The standard InChI is InChI=1S/C21H19N3O3S2/c1-23(2)15-5-7-16(8-6-15)24-20(25)19(29-21(24)28)13-14-4-9-17(27-11-10-22)18(12-14)26-3/h4-9,12-13H,11H2,1-3H3/b19-13-. The van der Waals surface area contributed by atoms with Gasteiger partial charge in [0.15, 0.2) is 22.4 Å². The van der Waals surface area contributed by atoms with Crippen LogP contribution >= 0.6 is 24.0 Å². The minimum atomic E-state index is -0.165. The van der Waals surface area contributed by atoms with Gasteiger partial charge in [-0.1, -0.05) is 30.0 Å². The van der Waals surface area contributed by atoms with Crippen molar-refractivity contribution in [1.29, 1.82) is 5.26 Å². The maximum atomic E-state index is 12.9. The summed E-state index contributed by atoms with van der Waals surface area (Å²) in [5, 5.41) is 8.67. The summed E-state index contributed by atoms with van der Waals surface area (Å²) in [5.74, 6) is 0.796. The molecule has 1 aliphatic rings. The largest absolute Gasteiger partial charge is 0.493 e. The van der Waals surface area contributed by atoms with Gasteiger partial charge in [0.25, 0.3) is 5.91 Å². The number of hydrogen-bond donors (Lipinski definition) is 0. The molecule has 0 N–H and O–H groups in total. The van der Waals surface area contributed by atoms with E-state index >= 15 is 0 Å². The highest BCUT2D eigenvalue weighted by molar-refractivity contribution is 8.27. The minimum absolute atomic E-state index is 0.0685. The molecule has 6 nitrogen and oxygen atoms in total. The lowest BCUT2D eigenvalue weighted by Gasteiger charge is -2.17. The monoisotopic (exact) mass is 425 g/mol. The third-order valence-electron chi connectivity index (χ3n) is 4.20. The quantitative estimate of drug-likeness (QED) is 0.511. The molecule has 1 heterocycles. The average molecular weight is 426 g/mol. The topological polar surface area (TPSA) is 65.8 Å². The van der Waals surface area contributed by atoms with Crippen LogP contribution in [0.25, 0.3) is 6.08 Å². The third kappa shape index (κ3) is 4.53. The number of nitrogens with zero attached hydrogens (tertiary/aromatic N) is 3. The number of carbonyl (C=O) groups is 1. The van der Waals surface area contributed by atoms with Gasteiger partial charge in [0.05, 0.1) is 17.7 Å². The first-order valence-corrected chi connectivity index (χ1v) is 9.90. The van der Waals surface area contributed by atoms with Crippen molar-refractivity contribution >= 4 is 51.7 Å². The first-order valence-electron chi connectivity index (χ1n) is 8.67. The first kappa shape index (κ1) is 20.7. The fourth-order valence-electron chi connectivity index (χ4n) is 2.74. The lowest BCUT2D eigenvalue weighted by molar-refractivity contribution is -0.113. The van der Waals surface area contributed by atoms with E-state index in [0.29, 0.717) is 20.7 Å². The molecule has 0 unspecified atom stereocenters. The Morgan fingerprint density at radius 3 is 2.55 bits per heavy atom. The predicted molar refractivity (Wildman–Crippen MR) is 121 cm³/mol. The van der Waals surface area contributed by atoms with Gasteiger partial charge < -0.3 is 14.4 Å². The number of rotatable bonds is 6. The number of amides is 1. The normalized spacial score (nSPS) is 14.8. The van der Waals surface area contributed by atoms with E-state index in [1.165, 1.54) is 23.8 Å². The molecule has 0 aromatic heterocycles. The molecule has 8 heteroatoms. The molecule has 1 amide bonds. The summed E-state index contributed by atoms with van der Waals surface area (Å²) in [6.07, 6.45) is 1.77. The summed E-state index contributed by atoms with van der Waals surface area (Å²) < 4.78 is 11.1. The van der Waals surface area contributed by atoms with Crippen molar-refractivity contribution < 1.29 is 14.3 Å². The van der Waals surface area contributed by atoms with E-state index in [9.17, 15) is 4.79 Å². The van der Waals surface area contributed by atoms with Crippen molar-refractivity contribution in [2.24, 2.45) is 0 Å². The smallest absolute Gasteiger partial charge is 0.270 e. The molecule has 148 valence electrons. The van der Waals surface area contributed by atoms with E-state index in [1.54, 1.807) is 24.3 Å². The van der Waals surface area contributed by atoms with Crippen LogP contribution < -0.4 is 19.3 Å². The number of anilines is 2. The number of ether oxygens (including phenoxy) is 2. The van der Waals surface area contributed by atoms with Crippen LogP contribution in [0.15, 0.2) is 47.4 Å². The molecule has 1 aliphatic heterocycles. The molecule has 0 spiro atoms. The number of carbonyl (C=O) groups excluding carboxylic acids is 1. The summed E-state index contributed by atoms with van der Waals surface area (Å²) in [5.41, 5.74) is 2.55. The highest BCUT2D eigenvalue weighted by Gasteiger charge is 2.33. The van der Waals surface area contributed by atoms with Crippen molar-refractivity contribution in [3.05, 3.63) is 52.9 Å². The molecule has 2 aromatic carbocycles. The molecule has 0 radical (unpaired) electrons. The molecule has 0 atom stereocenters.